The molecule has 3 aromatic rings. The molecule has 0 atom stereocenters. The summed E-state index contributed by atoms with van der Waals surface area (Å²) in [6.45, 7) is 3.74. The van der Waals surface area contributed by atoms with Gasteiger partial charge < -0.3 is 5.32 Å². The Balaban J connectivity index is 1.52. The third kappa shape index (κ3) is 4.55. The number of aromatic nitrogens is 1. The van der Waals surface area contributed by atoms with Crippen molar-refractivity contribution in [3.8, 4) is 11.3 Å². The summed E-state index contributed by atoms with van der Waals surface area (Å²) in [6, 6.07) is 12.1. The van der Waals surface area contributed by atoms with E-state index in [-0.39, 0.29) is 16.8 Å². The Morgan fingerprint density at radius 3 is 2.45 bits per heavy atom. The molecule has 0 unspecified atom stereocenters. The van der Waals surface area contributed by atoms with E-state index in [1.165, 1.54) is 12.1 Å². The molecule has 0 aliphatic heterocycles. The van der Waals surface area contributed by atoms with E-state index < -0.39 is 10.0 Å². The summed E-state index contributed by atoms with van der Waals surface area (Å²) in [7, 11) is -3.61. The fourth-order valence-corrected chi connectivity index (χ4v) is 4.87. The number of thiazole rings is 1. The van der Waals surface area contributed by atoms with E-state index in [0.717, 1.165) is 29.1 Å². The first-order valence-corrected chi connectivity index (χ1v) is 11.6. The molecule has 1 aromatic heterocycles. The van der Waals surface area contributed by atoms with E-state index in [4.69, 9.17) is 0 Å². The van der Waals surface area contributed by atoms with Gasteiger partial charge in [0, 0.05) is 28.2 Å². The molecule has 1 heterocycles. The van der Waals surface area contributed by atoms with Gasteiger partial charge in [0.1, 0.15) is 0 Å². The Kier molecular flexibility index (Phi) is 5.24. The first kappa shape index (κ1) is 19.8. The normalized spacial score (nSPS) is 14.0. The molecule has 0 spiro atoms. The maximum absolute atomic E-state index is 12.8. The molecule has 2 aromatic carbocycles. The maximum atomic E-state index is 12.8. The predicted octanol–water partition coefficient (Wildman–Crippen LogP) is 4.12. The topological polar surface area (TPSA) is 88.2 Å². The SMILES string of the molecule is Cc1nc(-c2ccc(NC(=O)c3cc(S(=O)(=O)NC4CC4)ccc3C)cc2)cs1. The lowest BCUT2D eigenvalue weighted by atomic mass is 10.1. The molecule has 0 radical (unpaired) electrons. The molecule has 1 aliphatic rings. The molecule has 1 saturated carbocycles. The third-order valence-corrected chi connectivity index (χ3v) is 7.01. The van der Waals surface area contributed by atoms with Gasteiger partial charge in [-0.15, -0.1) is 11.3 Å². The Hall–Kier alpha value is -2.55. The van der Waals surface area contributed by atoms with E-state index in [1.807, 2.05) is 36.6 Å². The van der Waals surface area contributed by atoms with Crippen LogP contribution in [0.15, 0.2) is 52.7 Å². The van der Waals surface area contributed by atoms with Crippen LogP contribution in [0.4, 0.5) is 5.69 Å². The number of carbonyl (C=O) groups is 1. The van der Waals surface area contributed by atoms with Gasteiger partial charge in [0.15, 0.2) is 0 Å². The quantitative estimate of drug-likeness (QED) is 0.619. The second-order valence-electron chi connectivity index (χ2n) is 7.16. The minimum Gasteiger partial charge on any atom is -0.322 e. The van der Waals surface area contributed by atoms with Crippen molar-refractivity contribution in [2.45, 2.75) is 37.6 Å². The lowest BCUT2D eigenvalue weighted by Gasteiger charge is -2.11. The third-order valence-electron chi connectivity index (χ3n) is 4.72. The second-order valence-corrected chi connectivity index (χ2v) is 9.93. The highest BCUT2D eigenvalue weighted by Crippen LogP contribution is 2.25. The number of carbonyl (C=O) groups excluding carboxylic acids is 1. The summed E-state index contributed by atoms with van der Waals surface area (Å²) >= 11 is 1.59. The molecular formula is C21H21N3O3S2. The van der Waals surface area contributed by atoms with E-state index in [0.29, 0.717) is 16.8 Å². The number of aryl methyl sites for hydroxylation is 2. The van der Waals surface area contributed by atoms with E-state index >= 15 is 0 Å². The van der Waals surface area contributed by atoms with Crippen molar-refractivity contribution >= 4 is 33.0 Å². The molecule has 2 N–H and O–H groups in total. The highest BCUT2D eigenvalue weighted by atomic mass is 32.2. The fourth-order valence-electron chi connectivity index (χ4n) is 2.92. The summed E-state index contributed by atoms with van der Waals surface area (Å²) in [5.74, 6) is -0.344. The highest BCUT2D eigenvalue weighted by Gasteiger charge is 2.28. The van der Waals surface area contributed by atoms with Crippen molar-refractivity contribution in [3.63, 3.8) is 0 Å². The second kappa shape index (κ2) is 7.70. The smallest absolute Gasteiger partial charge is 0.255 e. The van der Waals surface area contributed by atoms with Crippen LogP contribution in [0, 0.1) is 13.8 Å². The molecule has 8 heteroatoms. The van der Waals surface area contributed by atoms with Gasteiger partial charge in [-0.3, -0.25) is 4.79 Å². The van der Waals surface area contributed by atoms with Gasteiger partial charge >= 0.3 is 0 Å². The Morgan fingerprint density at radius 1 is 1.10 bits per heavy atom. The van der Waals surface area contributed by atoms with Gasteiger partial charge in [0.25, 0.3) is 5.91 Å². The number of nitrogens with zero attached hydrogens (tertiary/aromatic N) is 1. The number of hydrogen-bond donors (Lipinski definition) is 2. The van der Waals surface area contributed by atoms with Crippen LogP contribution in [0.3, 0.4) is 0 Å². The summed E-state index contributed by atoms with van der Waals surface area (Å²) in [4.78, 5) is 17.3. The van der Waals surface area contributed by atoms with Crippen molar-refractivity contribution in [2.24, 2.45) is 0 Å². The van der Waals surface area contributed by atoms with Gasteiger partial charge in [0.2, 0.25) is 10.0 Å². The minimum atomic E-state index is -3.61. The number of sulfonamides is 1. The molecule has 4 rings (SSSR count). The van der Waals surface area contributed by atoms with Crippen LogP contribution in [0.1, 0.15) is 33.8 Å². The largest absolute Gasteiger partial charge is 0.322 e. The van der Waals surface area contributed by atoms with Gasteiger partial charge in [-0.1, -0.05) is 18.2 Å². The van der Waals surface area contributed by atoms with Crippen molar-refractivity contribution < 1.29 is 13.2 Å². The fraction of sp³-hybridized carbons (Fsp3) is 0.238. The number of nitrogens with one attached hydrogen (secondary N) is 2. The number of anilines is 1. The van der Waals surface area contributed by atoms with Crippen LogP contribution in [-0.2, 0) is 10.0 Å². The predicted molar refractivity (Wildman–Crippen MR) is 115 cm³/mol. The number of benzene rings is 2. The molecule has 1 fully saturated rings. The van der Waals surface area contributed by atoms with Gasteiger partial charge in [-0.25, -0.2) is 18.1 Å². The van der Waals surface area contributed by atoms with Crippen LogP contribution in [0.2, 0.25) is 0 Å². The van der Waals surface area contributed by atoms with Crippen LogP contribution in [-0.4, -0.2) is 25.4 Å². The zero-order chi connectivity index (χ0) is 20.6. The lowest BCUT2D eigenvalue weighted by Crippen LogP contribution is -2.26. The van der Waals surface area contributed by atoms with Crippen LogP contribution < -0.4 is 10.0 Å². The van der Waals surface area contributed by atoms with Crippen molar-refractivity contribution in [3.05, 3.63) is 64.0 Å². The van der Waals surface area contributed by atoms with E-state index in [9.17, 15) is 13.2 Å². The van der Waals surface area contributed by atoms with Gasteiger partial charge in [-0.2, -0.15) is 0 Å². The first-order valence-electron chi connectivity index (χ1n) is 9.29. The zero-order valence-electron chi connectivity index (χ0n) is 16.1. The average Bonchev–Trinajstić information content (AvgIpc) is 3.38. The maximum Gasteiger partial charge on any atom is 0.255 e. The molecule has 29 heavy (non-hydrogen) atoms. The lowest BCUT2D eigenvalue weighted by molar-refractivity contribution is 0.102. The van der Waals surface area contributed by atoms with Gasteiger partial charge in [-0.05, 0) is 56.5 Å². The number of hydrogen-bond acceptors (Lipinski definition) is 5. The Labute approximate surface area is 174 Å². The first-order chi connectivity index (χ1) is 13.8. The molecule has 6 nitrogen and oxygen atoms in total. The molecular weight excluding hydrogens is 406 g/mol. The van der Waals surface area contributed by atoms with Crippen molar-refractivity contribution in [2.75, 3.05) is 5.32 Å². The van der Waals surface area contributed by atoms with Crippen molar-refractivity contribution in [1.29, 1.82) is 0 Å². The van der Waals surface area contributed by atoms with Gasteiger partial charge in [0.05, 0.1) is 15.6 Å². The monoisotopic (exact) mass is 427 g/mol. The minimum absolute atomic E-state index is 0.0126. The summed E-state index contributed by atoms with van der Waals surface area (Å²) in [5.41, 5.74) is 3.56. The molecule has 1 aliphatic carbocycles. The molecule has 0 saturated heterocycles. The van der Waals surface area contributed by atoms with E-state index in [1.54, 1.807) is 24.3 Å². The van der Waals surface area contributed by atoms with E-state index in [2.05, 4.69) is 15.0 Å². The van der Waals surface area contributed by atoms with Crippen LogP contribution >= 0.6 is 11.3 Å². The summed E-state index contributed by atoms with van der Waals surface area (Å²) < 4.78 is 27.5. The van der Waals surface area contributed by atoms with Crippen molar-refractivity contribution in [1.82, 2.24) is 9.71 Å². The van der Waals surface area contributed by atoms with Crippen LogP contribution in [0.25, 0.3) is 11.3 Å². The molecule has 0 bridgehead atoms. The number of rotatable bonds is 6. The Morgan fingerprint density at radius 2 is 1.83 bits per heavy atom. The molecule has 1 amide bonds. The summed E-state index contributed by atoms with van der Waals surface area (Å²) in [5, 5.41) is 5.84. The molecule has 150 valence electrons. The Bertz CT molecular complexity index is 1160. The zero-order valence-corrected chi connectivity index (χ0v) is 17.7. The average molecular weight is 428 g/mol. The summed E-state index contributed by atoms with van der Waals surface area (Å²) in [6.07, 6.45) is 1.71. The number of amides is 1. The van der Waals surface area contributed by atoms with Crippen LogP contribution in [0.5, 0.6) is 0 Å². The standard InChI is InChI=1S/C21H21N3O3S2/c1-13-3-10-18(29(26,27)24-17-8-9-17)11-19(13)21(25)23-16-6-4-15(5-7-16)20-12-28-14(2)22-20/h3-7,10-12,17,24H,8-9H2,1-2H3,(H,23,25). The highest BCUT2D eigenvalue weighted by molar-refractivity contribution is 7.89.